The average Bonchev–Trinajstić information content (AvgIpc) is 2.64. The number of benzene rings is 2. The van der Waals surface area contributed by atoms with Crippen molar-refractivity contribution in [3.05, 3.63) is 80.6 Å². The topological polar surface area (TPSA) is 104 Å². The molecule has 8 heteroatoms. The maximum atomic E-state index is 13.2. The summed E-state index contributed by atoms with van der Waals surface area (Å²) in [7, 11) is 0. The van der Waals surface area contributed by atoms with Crippen LogP contribution in [0.5, 0.6) is 0 Å². The number of aromatic amines is 1. The molecule has 134 valence electrons. The highest BCUT2D eigenvalue weighted by Gasteiger charge is 2.13. The number of rotatable bonds is 5. The first-order valence-electron chi connectivity index (χ1n) is 7.88. The van der Waals surface area contributed by atoms with Gasteiger partial charge in [0.25, 0.3) is 11.1 Å². The lowest BCUT2D eigenvalue weighted by Gasteiger charge is -2.13. The van der Waals surface area contributed by atoms with E-state index in [0.717, 1.165) is 4.68 Å². The van der Waals surface area contributed by atoms with Crippen molar-refractivity contribution in [2.24, 2.45) is 0 Å². The first-order valence-corrected chi connectivity index (χ1v) is 7.88. The van der Waals surface area contributed by atoms with Gasteiger partial charge in [-0.1, -0.05) is 24.3 Å². The number of aliphatic hydroxyl groups excluding tert-OH is 1. The van der Waals surface area contributed by atoms with Crippen molar-refractivity contribution in [1.82, 2.24) is 15.1 Å². The Morgan fingerprint density at radius 1 is 1.15 bits per heavy atom. The molecule has 26 heavy (non-hydrogen) atoms. The van der Waals surface area contributed by atoms with Gasteiger partial charge in [-0.05, 0) is 29.8 Å². The summed E-state index contributed by atoms with van der Waals surface area (Å²) in [4.78, 5) is 36.4. The number of nitrogens with zero attached hydrogens (tertiary/aromatic N) is 1. The molecule has 3 aromatic rings. The van der Waals surface area contributed by atoms with E-state index in [9.17, 15) is 23.9 Å². The van der Waals surface area contributed by atoms with Gasteiger partial charge in [-0.15, -0.1) is 0 Å². The fraction of sp³-hybridized carbons (Fsp3) is 0.167. The number of fused-ring (bicyclic) bond motifs is 1. The predicted molar refractivity (Wildman–Crippen MR) is 93.2 cm³/mol. The Bertz CT molecular complexity index is 1070. The van der Waals surface area contributed by atoms with E-state index in [-0.39, 0.29) is 17.3 Å². The maximum Gasteiger partial charge on any atom is 0.273 e. The molecule has 0 fully saturated rings. The fourth-order valence-corrected chi connectivity index (χ4v) is 2.60. The van der Waals surface area contributed by atoms with E-state index in [2.05, 4.69) is 10.4 Å². The van der Waals surface area contributed by atoms with Crippen LogP contribution in [0.1, 0.15) is 11.7 Å². The zero-order chi connectivity index (χ0) is 18.7. The number of halogens is 1. The fourth-order valence-electron chi connectivity index (χ4n) is 2.60. The Morgan fingerprint density at radius 3 is 2.62 bits per heavy atom. The third-order valence-corrected chi connectivity index (χ3v) is 3.91. The SMILES string of the molecule is O=C(Cn1[nH]c(=O)c2ccccc2c1=O)NCC(O)c1cccc(F)c1. The summed E-state index contributed by atoms with van der Waals surface area (Å²) in [6, 6.07) is 11.7. The molecule has 2 aromatic carbocycles. The molecule has 1 amide bonds. The highest BCUT2D eigenvalue weighted by Crippen LogP contribution is 2.12. The Balaban J connectivity index is 1.71. The van der Waals surface area contributed by atoms with Crippen LogP contribution in [0.25, 0.3) is 10.8 Å². The number of carbonyl (C=O) groups is 1. The first kappa shape index (κ1) is 17.6. The summed E-state index contributed by atoms with van der Waals surface area (Å²) >= 11 is 0. The summed E-state index contributed by atoms with van der Waals surface area (Å²) in [6.07, 6.45) is -1.10. The Labute approximate surface area is 146 Å². The molecule has 0 aliphatic rings. The van der Waals surface area contributed by atoms with Crippen molar-refractivity contribution in [3.63, 3.8) is 0 Å². The zero-order valence-electron chi connectivity index (χ0n) is 13.6. The van der Waals surface area contributed by atoms with Gasteiger partial charge in [0.15, 0.2) is 0 Å². The van der Waals surface area contributed by atoms with Crippen LogP contribution in [0.4, 0.5) is 4.39 Å². The molecule has 1 atom stereocenters. The standard InChI is InChI=1S/C18H16FN3O4/c19-12-5-3-4-11(8-12)15(23)9-20-16(24)10-22-18(26)14-7-2-1-6-13(14)17(25)21-22/h1-8,15,23H,9-10H2,(H,20,24)(H,21,25). The minimum absolute atomic E-state index is 0.158. The number of aromatic nitrogens is 2. The molecule has 7 nitrogen and oxygen atoms in total. The molecule has 0 spiro atoms. The second-order valence-electron chi connectivity index (χ2n) is 5.75. The molecule has 0 bridgehead atoms. The smallest absolute Gasteiger partial charge is 0.273 e. The molecular weight excluding hydrogens is 341 g/mol. The molecule has 0 radical (unpaired) electrons. The minimum Gasteiger partial charge on any atom is -0.387 e. The van der Waals surface area contributed by atoms with Crippen LogP contribution in [-0.4, -0.2) is 27.3 Å². The third kappa shape index (κ3) is 3.70. The number of carbonyl (C=O) groups excluding carboxylic acids is 1. The lowest BCUT2D eigenvalue weighted by atomic mass is 10.1. The quantitative estimate of drug-likeness (QED) is 0.624. The normalized spacial score (nSPS) is 12.1. The molecule has 1 heterocycles. The molecule has 3 rings (SSSR count). The van der Waals surface area contributed by atoms with Gasteiger partial charge < -0.3 is 10.4 Å². The van der Waals surface area contributed by atoms with Crippen LogP contribution < -0.4 is 16.4 Å². The number of aliphatic hydroxyl groups is 1. The molecule has 1 aromatic heterocycles. The van der Waals surface area contributed by atoms with Gasteiger partial charge >= 0.3 is 0 Å². The van der Waals surface area contributed by atoms with Gasteiger partial charge in [0.2, 0.25) is 5.91 Å². The van der Waals surface area contributed by atoms with Crippen LogP contribution in [0.3, 0.4) is 0 Å². The van der Waals surface area contributed by atoms with Gasteiger partial charge in [0, 0.05) is 6.54 Å². The van der Waals surface area contributed by atoms with Crippen molar-refractivity contribution < 1.29 is 14.3 Å². The Hall–Kier alpha value is -3.26. The number of hydrogen-bond acceptors (Lipinski definition) is 4. The summed E-state index contributed by atoms with van der Waals surface area (Å²) in [6.45, 7) is -0.566. The van der Waals surface area contributed by atoms with Gasteiger partial charge in [0.05, 0.1) is 16.9 Å². The third-order valence-electron chi connectivity index (χ3n) is 3.91. The summed E-state index contributed by atoms with van der Waals surface area (Å²) in [5, 5.41) is 15.3. The molecule has 3 N–H and O–H groups in total. The molecular formula is C18H16FN3O4. The van der Waals surface area contributed by atoms with E-state index in [1.807, 2.05) is 0 Å². The van der Waals surface area contributed by atoms with Crippen molar-refractivity contribution in [3.8, 4) is 0 Å². The van der Waals surface area contributed by atoms with Crippen LogP contribution >= 0.6 is 0 Å². The largest absolute Gasteiger partial charge is 0.387 e. The molecule has 0 aliphatic heterocycles. The van der Waals surface area contributed by atoms with Crippen LogP contribution in [0.15, 0.2) is 58.1 Å². The Morgan fingerprint density at radius 2 is 1.88 bits per heavy atom. The Kier molecular flexibility index (Phi) is 4.94. The monoisotopic (exact) mass is 357 g/mol. The van der Waals surface area contributed by atoms with E-state index in [1.165, 1.54) is 36.4 Å². The highest BCUT2D eigenvalue weighted by atomic mass is 19.1. The van der Waals surface area contributed by atoms with Gasteiger partial charge in [-0.3, -0.25) is 19.5 Å². The number of nitrogens with one attached hydrogen (secondary N) is 2. The van der Waals surface area contributed by atoms with Gasteiger partial charge in [-0.25, -0.2) is 9.07 Å². The number of hydrogen-bond donors (Lipinski definition) is 3. The van der Waals surface area contributed by atoms with E-state index in [0.29, 0.717) is 5.56 Å². The lowest BCUT2D eigenvalue weighted by Crippen LogP contribution is -2.38. The number of H-pyrrole nitrogens is 1. The molecule has 0 saturated heterocycles. The predicted octanol–water partition coefficient (Wildman–Crippen LogP) is 0.679. The second-order valence-corrected chi connectivity index (χ2v) is 5.75. The zero-order valence-corrected chi connectivity index (χ0v) is 13.6. The van der Waals surface area contributed by atoms with E-state index in [4.69, 9.17) is 0 Å². The van der Waals surface area contributed by atoms with Gasteiger partial charge in [0.1, 0.15) is 12.4 Å². The second kappa shape index (κ2) is 7.32. The van der Waals surface area contributed by atoms with E-state index < -0.39 is 35.5 Å². The van der Waals surface area contributed by atoms with Gasteiger partial charge in [-0.2, -0.15) is 0 Å². The van der Waals surface area contributed by atoms with E-state index in [1.54, 1.807) is 12.1 Å². The molecule has 1 unspecified atom stereocenters. The first-order chi connectivity index (χ1) is 12.5. The van der Waals surface area contributed by atoms with Crippen molar-refractivity contribution in [1.29, 1.82) is 0 Å². The van der Waals surface area contributed by atoms with Crippen molar-refractivity contribution in [2.75, 3.05) is 6.54 Å². The van der Waals surface area contributed by atoms with Crippen molar-refractivity contribution >= 4 is 16.7 Å². The number of amides is 1. The summed E-state index contributed by atoms with van der Waals surface area (Å²) in [5.41, 5.74) is -0.657. The van der Waals surface area contributed by atoms with Crippen LogP contribution in [0, 0.1) is 5.82 Å². The van der Waals surface area contributed by atoms with Crippen molar-refractivity contribution in [2.45, 2.75) is 12.6 Å². The summed E-state index contributed by atoms with van der Waals surface area (Å²) < 4.78 is 14.1. The lowest BCUT2D eigenvalue weighted by molar-refractivity contribution is -0.122. The molecule has 0 saturated carbocycles. The van der Waals surface area contributed by atoms with Crippen LogP contribution in [-0.2, 0) is 11.3 Å². The minimum atomic E-state index is -1.10. The van der Waals surface area contributed by atoms with E-state index >= 15 is 0 Å². The molecule has 0 aliphatic carbocycles. The summed E-state index contributed by atoms with van der Waals surface area (Å²) in [5.74, 6) is -1.07. The maximum absolute atomic E-state index is 13.2. The highest BCUT2D eigenvalue weighted by molar-refractivity contribution is 5.81. The van der Waals surface area contributed by atoms with Crippen LogP contribution in [0.2, 0.25) is 0 Å². The average molecular weight is 357 g/mol.